The van der Waals surface area contributed by atoms with E-state index >= 15 is 0 Å². The standard InChI is InChI=1S/C13H16ClF3N2/c1-2-3-12(4-5-12)8-19-11-10(14)6-9(7-18-11)13(15,16)17/h6-7H,2-5,8H2,1H3,(H,18,19). The molecule has 1 aromatic heterocycles. The van der Waals surface area contributed by atoms with Crippen LogP contribution in [0.1, 0.15) is 38.2 Å². The highest BCUT2D eigenvalue weighted by atomic mass is 35.5. The quantitative estimate of drug-likeness (QED) is 0.847. The Kier molecular flexibility index (Phi) is 3.95. The Morgan fingerprint density at radius 2 is 2.11 bits per heavy atom. The summed E-state index contributed by atoms with van der Waals surface area (Å²) < 4.78 is 37.4. The minimum absolute atomic E-state index is 0.0159. The van der Waals surface area contributed by atoms with Crippen molar-refractivity contribution in [3.05, 3.63) is 22.8 Å². The first kappa shape index (κ1) is 14.4. The number of pyridine rings is 1. The molecule has 0 radical (unpaired) electrons. The molecule has 1 saturated carbocycles. The van der Waals surface area contributed by atoms with Crippen LogP contribution in [-0.4, -0.2) is 11.5 Å². The van der Waals surface area contributed by atoms with Crippen LogP contribution in [0.15, 0.2) is 12.3 Å². The Bertz CT molecular complexity index is 456. The maximum atomic E-state index is 12.5. The van der Waals surface area contributed by atoms with E-state index in [1.165, 1.54) is 0 Å². The van der Waals surface area contributed by atoms with Crippen molar-refractivity contribution in [2.24, 2.45) is 5.41 Å². The van der Waals surface area contributed by atoms with E-state index in [1.807, 2.05) is 0 Å². The van der Waals surface area contributed by atoms with E-state index in [0.29, 0.717) is 11.2 Å². The monoisotopic (exact) mass is 292 g/mol. The summed E-state index contributed by atoms with van der Waals surface area (Å²) in [6, 6.07) is 0.913. The normalized spacial score (nSPS) is 17.3. The van der Waals surface area contributed by atoms with Gasteiger partial charge in [-0.05, 0) is 30.7 Å². The summed E-state index contributed by atoms with van der Waals surface area (Å²) in [5, 5.41) is 3.08. The lowest BCUT2D eigenvalue weighted by atomic mass is 10.0. The Hall–Kier alpha value is -0.970. The molecule has 1 aliphatic carbocycles. The number of hydrogen-bond acceptors (Lipinski definition) is 2. The maximum absolute atomic E-state index is 12.5. The number of aromatic nitrogens is 1. The number of rotatable bonds is 5. The number of halogens is 4. The van der Waals surface area contributed by atoms with Gasteiger partial charge in [-0.2, -0.15) is 13.2 Å². The van der Waals surface area contributed by atoms with Crippen LogP contribution in [0, 0.1) is 5.41 Å². The van der Waals surface area contributed by atoms with Crippen molar-refractivity contribution in [3.8, 4) is 0 Å². The molecule has 0 amide bonds. The van der Waals surface area contributed by atoms with Gasteiger partial charge in [0.05, 0.1) is 10.6 Å². The highest BCUT2D eigenvalue weighted by molar-refractivity contribution is 6.32. The molecule has 1 aromatic rings. The predicted octanol–water partition coefficient (Wildman–Crippen LogP) is 4.75. The summed E-state index contributed by atoms with van der Waals surface area (Å²) in [7, 11) is 0. The van der Waals surface area contributed by atoms with E-state index in [-0.39, 0.29) is 5.02 Å². The van der Waals surface area contributed by atoms with Crippen LogP contribution < -0.4 is 5.32 Å². The predicted molar refractivity (Wildman–Crippen MR) is 69.3 cm³/mol. The maximum Gasteiger partial charge on any atom is 0.417 e. The molecule has 19 heavy (non-hydrogen) atoms. The molecule has 0 saturated heterocycles. The van der Waals surface area contributed by atoms with Gasteiger partial charge in [0.25, 0.3) is 0 Å². The van der Waals surface area contributed by atoms with E-state index in [4.69, 9.17) is 11.6 Å². The van der Waals surface area contributed by atoms with Crippen molar-refractivity contribution in [2.75, 3.05) is 11.9 Å². The second-order valence-corrected chi connectivity index (χ2v) is 5.56. The fourth-order valence-corrected chi connectivity index (χ4v) is 2.45. The second kappa shape index (κ2) is 5.19. The number of hydrogen-bond donors (Lipinski definition) is 1. The van der Waals surface area contributed by atoms with E-state index in [0.717, 1.165) is 44.5 Å². The van der Waals surface area contributed by atoms with Gasteiger partial charge >= 0.3 is 6.18 Å². The van der Waals surface area contributed by atoms with Crippen LogP contribution in [0.4, 0.5) is 19.0 Å². The molecule has 0 atom stereocenters. The van der Waals surface area contributed by atoms with Crippen LogP contribution in [0.3, 0.4) is 0 Å². The highest BCUT2D eigenvalue weighted by Gasteiger charge is 2.41. The largest absolute Gasteiger partial charge is 0.417 e. The first-order chi connectivity index (χ1) is 8.86. The fourth-order valence-electron chi connectivity index (χ4n) is 2.22. The molecule has 6 heteroatoms. The summed E-state index contributed by atoms with van der Waals surface area (Å²) in [6.45, 7) is 2.85. The molecule has 106 valence electrons. The fraction of sp³-hybridized carbons (Fsp3) is 0.615. The molecule has 1 aliphatic rings. The van der Waals surface area contributed by atoms with Crippen molar-refractivity contribution < 1.29 is 13.2 Å². The third-order valence-corrected chi connectivity index (χ3v) is 3.82. The van der Waals surface area contributed by atoms with Crippen LogP contribution in [0.25, 0.3) is 0 Å². The Labute approximate surface area is 115 Å². The molecule has 0 unspecified atom stereocenters. The molecule has 1 fully saturated rings. The number of alkyl halides is 3. The third kappa shape index (κ3) is 3.53. The lowest BCUT2D eigenvalue weighted by Gasteiger charge is -2.16. The average Bonchev–Trinajstić information content (AvgIpc) is 3.07. The smallest absolute Gasteiger partial charge is 0.368 e. The van der Waals surface area contributed by atoms with E-state index in [2.05, 4.69) is 17.2 Å². The first-order valence-electron chi connectivity index (χ1n) is 6.33. The average molecular weight is 293 g/mol. The third-order valence-electron chi connectivity index (χ3n) is 3.54. The minimum Gasteiger partial charge on any atom is -0.368 e. The lowest BCUT2D eigenvalue weighted by molar-refractivity contribution is -0.137. The number of nitrogens with zero attached hydrogens (tertiary/aromatic N) is 1. The molecular weight excluding hydrogens is 277 g/mol. The first-order valence-corrected chi connectivity index (χ1v) is 6.71. The summed E-state index contributed by atoms with van der Waals surface area (Å²) >= 11 is 5.84. The zero-order chi connectivity index (χ0) is 14.1. The number of nitrogens with one attached hydrogen (secondary N) is 1. The molecule has 1 heterocycles. The van der Waals surface area contributed by atoms with Gasteiger partial charge in [-0.15, -0.1) is 0 Å². The zero-order valence-electron chi connectivity index (χ0n) is 10.6. The summed E-state index contributed by atoms with van der Waals surface area (Å²) in [4.78, 5) is 3.77. The van der Waals surface area contributed by atoms with E-state index in [9.17, 15) is 13.2 Å². The van der Waals surface area contributed by atoms with Crippen LogP contribution in [0.5, 0.6) is 0 Å². The molecule has 2 rings (SSSR count). The van der Waals surface area contributed by atoms with Crippen molar-refractivity contribution >= 4 is 17.4 Å². The molecule has 0 spiro atoms. The molecular formula is C13H16ClF3N2. The van der Waals surface area contributed by atoms with Gasteiger partial charge in [0, 0.05) is 12.7 Å². The minimum atomic E-state index is -4.41. The van der Waals surface area contributed by atoms with Gasteiger partial charge in [-0.1, -0.05) is 24.9 Å². The SMILES string of the molecule is CCCC1(CNc2ncc(C(F)(F)F)cc2Cl)CC1. The van der Waals surface area contributed by atoms with Gasteiger partial charge in [0.15, 0.2) is 0 Å². The van der Waals surface area contributed by atoms with Gasteiger partial charge in [-0.3, -0.25) is 0 Å². The second-order valence-electron chi connectivity index (χ2n) is 5.16. The molecule has 0 bridgehead atoms. The number of anilines is 1. The molecule has 0 aliphatic heterocycles. The Morgan fingerprint density at radius 1 is 1.42 bits per heavy atom. The Balaban J connectivity index is 2.02. The topological polar surface area (TPSA) is 24.9 Å². The lowest BCUT2D eigenvalue weighted by Crippen LogP contribution is -2.16. The van der Waals surface area contributed by atoms with E-state index < -0.39 is 11.7 Å². The van der Waals surface area contributed by atoms with Gasteiger partial charge in [0.2, 0.25) is 0 Å². The highest BCUT2D eigenvalue weighted by Crippen LogP contribution is 2.49. The molecule has 2 nitrogen and oxygen atoms in total. The van der Waals surface area contributed by atoms with Crippen molar-refractivity contribution in [3.63, 3.8) is 0 Å². The van der Waals surface area contributed by atoms with Gasteiger partial charge in [-0.25, -0.2) is 4.98 Å². The van der Waals surface area contributed by atoms with Gasteiger partial charge in [0.1, 0.15) is 5.82 Å². The molecule has 0 aromatic carbocycles. The van der Waals surface area contributed by atoms with Gasteiger partial charge < -0.3 is 5.32 Å². The van der Waals surface area contributed by atoms with Crippen LogP contribution in [0.2, 0.25) is 5.02 Å². The summed E-state index contributed by atoms with van der Waals surface area (Å²) in [5.74, 6) is 0.331. The van der Waals surface area contributed by atoms with Crippen molar-refractivity contribution in [1.29, 1.82) is 0 Å². The summed E-state index contributed by atoms with van der Waals surface area (Å²) in [6.07, 6.45) is 0.953. The Morgan fingerprint density at radius 3 is 2.58 bits per heavy atom. The van der Waals surface area contributed by atoms with Crippen molar-refractivity contribution in [2.45, 2.75) is 38.8 Å². The van der Waals surface area contributed by atoms with Crippen LogP contribution >= 0.6 is 11.6 Å². The van der Waals surface area contributed by atoms with Crippen molar-refractivity contribution in [1.82, 2.24) is 4.98 Å². The van der Waals surface area contributed by atoms with Crippen LogP contribution in [-0.2, 0) is 6.18 Å². The molecule has 1 N–H and O–H groups in total. The van der Waals surface area contributed by atoms with E-state index in [1.54, 1.807) is 0 Å². The summed E-state index contributed by atoms with van der Waals surface area (Å²) in [5.41, 5.74) is -0.527. The zero-order valence-corrected chi connectivity index (χ0v) is 11.4.